The number of hydrogen-bond acceptors (Lipinski definition) is 2. The summed E-state index contributed by atoms with van der Waals surface area (Å²) in [5, 5.41) is 12.9. The van der Waals surface area contributed by atoms with E-state index in [4.69, 9.17) is 0 Å². The zero-order chi connectivity index (χ0) is 12.2. The van der Waals surface area contributed by atoms with Crippen molar-refractivity contribution in [1.29, 1.82) is 0 Å². The molecule has 2 N–H and O–H groups in total. The first-order valence-electron chi connectivity index (χ1n) is 6.69. The fraction of sp³-hybridized carbons (Fsp3) is 1.00. The van der Waals surface area contributed by atoms with E-state index in [0.717, 1.165) is 6.54 Å². The Morgan fingerprint density at radius 1 is 1.25 bits per heavy atom. The molecule has 0 aromatic rings. The van der Waals surface area contributed by atoms with Gasteiger partial charge in [-0.3, -0.25) is 0 Å². The van der Waals surface area contributed by atoms with Crippen LogP contribution in [0.5, 0.6) is 0 Å². The molecule has 96 valence electrons. The minimum absolute atomic E-state index is 0.0157. The maximum atomic E-state index is 9.22. The average Bonchev–Trinajstić information content (AvgIpc) is 2.37. The van der Waals surface area contributed by atoms with Crippen molar-refractivity contribution in [2.45, 2.75) is 65.8 Å². The lowest BCUT2D eigenvalue weighted by Gasteiger charge is -2.26. The van der Waals surface area contributed by atoms with E-state index in [2.05, 4.69) is 33.0 Å². The molecule has 1 atom stereocenters. The fourth-order valence-corrected chi connectivity index (χ4v) is 2.34. The number of aliphatic hydroxyl groups is 1. The number of rotatable bonds is 4. The SMILES string of the molecule is CC1(C)CCCC(NCC(C)(C)CO)CC1. The molecule has 0 saturated heterocycles. The highest BCUT2D eigenvalue weighted by atomic mass is 16.3. The fourth-order valence-electron chi connectivity index (χ4n) is 2.34. The van der Waals surface area contributed by atoms with Crippen molar-refractivity contribution >= 4 is 0 Å². The Balaban J connectivity index is 2.33. The normalized spacial score (nSPS) is 26.4. The summed E-state index contributed by atoms with van der Waals surface area (Å²) in [4.78, 5) is 0. The van der Waals surface area contributed by atoms with E-state index in [1.807, 2.05) is 0 Å². The Morgan fingerprint density at radius 3 is 2.56 bits per heavy atom. The maximum Gasteiger partial charge on any atom is 0.0494 e. The first kappa shape index (κ1) is 14.0. The Bertz CT molecular complexity index is 211. The van der Waals surface area contributed by atoms with Gasteiger partial charge in [-0.25, -0.2) is 0 Å². The van der Waals surface area contributed by atoms with Gasteiger partial charge < -0.3 is 10.4 Å². The summed E-state index contributed by atoms with van der Waals surface area (Å²) in [6, 6.07) is 0.660. The summed E-state index contributed by atoms with van der Waals surface area (Å²) in [6.45, 7) is 10.2. The maximum absolute atomic E-state index is 9.22. The van der Waals surface area contributed by atoms with Crippen LogP contribution in [0.2, 0.25) is 0 Å². The smallest absolute Gasteiger partial charge is 0.0494 e. The van der Waals surface area contributed by atoms with Gasteiger partial charge >= 0.3 is 0 Å². The van der Waals surface area contributed by atoms with E-state index in [-0.39, 0.29) is 12.0 Å². The van der Waals surface area contributed by atoms with Gasteiger partial charge in [0.05, 0.1) is 0 Å². The molecule has 1 aliphatic carbocycles. The second kappa shape index (κ2) is 5.50. The molecule has 0 amide bonds. The van der Waals surface area contributed by atoms with E-state index in [1.54, 1.807) is 0 Å². The molecule has 1 rings (SSSR count). The minimum Gasteiger partial charge on any atom is -0.396 e. The molecule has 1 unspecified atom stereocenters. The van der Waals surface area contributed by atoms with Gasteiger partial charge in [-0.1, -0.05) is 34.1 Å². The summed E-state index contributed by atoms with van der Waals surface area (Å²) in [5.74, 6) is 0. The van der Waals surface area contributed by atoms with Crippen LogP contribution in [0.4, 0.5) is 0 Å². The molecular weight excluding hydrogens is 198 g/mol. The highest BCUT2D eigenvalue weighted by Gasteiger charge is 2.25. The summed E-state index contributed by atoms with van der Waals surface area (Å²) in [5.41, 5.74) is 0.546. The molecule has 0 radical (unpaired) electrons. The summed E-state index contributed by atoms with van der Waals surface area (Å²) < 4.78 is 0. The van der Waals surface area contributed by atoms with Gasteiger partial charge in [-0.2, -0.15) is 0 Å². The molecule has 0 aromatic heterocycles. The second-order valence-corrected chi connectivity index (χ2v) is 7.00. The molecule has 1 aliphatic rings. The molecule has 2 nitrogen and oxygen atoms in total. The van der Waals surface area contributed by atoms with Gasteiger partial charge in [0.2, 0.25) is 0 Å². The Hall–Kier alpha value is -0.0800. The highest BCUT2D eigenvalue weighted by molar-refractivity contribution is 4.81. The molecule has 16 heavy (non-hydrogen) atoms. The van der Waals surface area contributed by atoms with Gasteiger partial charge in [0, 0.05) is 24.6 Å². The van der Waals surface area contributed by atoms with Gasteiger partial charge in [-0.05, 0) is 31.1 Å². The van der Waals surface area contributed by atoms with Crippen LogP contribution in [0, 0.1) is 10.8 Å². The van der Waals surface area contributed by atoms with Crippen molar-refractivity contribution in [2.75, 3.05) is 13.2 Å². The van der Waals surface area contributed by atoms with Crippen molar-refractivity contribution in [3.63, 3.8) is 0 Å². The average molecular weight is 227 g/mol. The van der Waals surface area contributed by atoms with Crippen LogP contribution in [-0.2, 0) is 0 Å². The predicted octanol–water partition coefficient (Wildman–Crippen LogP) is 2.95. The zero-order valence-electron chi connectivity index (χ0n) is 11.5. The quantitative estimate of drug-likeness (QED) is 0.724. The molecule has 0 bridgehead atoms. The first-order chi connectivity index (χ1) is 7.35. The largest absolute Gasteiger partial charge is 0.396 e. The highest BCUT2D eigenvalue weighted by Crippen LogP contribution is 2.33. The third-order valence-corrected chi connectivity index (χ3v) is 3.87. The van der Waals surface area contributed by atoms with Crippen molar-refractivity contribution in [2.24, 2.45) is 10.8 Å². The first-order valence-corrected chi connectivity index (χ1v) is 6.69. The lowest BCUT2D eigenvalue weighted by molar-refractivity contribution is 0.151. The molecule has 0 aromatic carbocycles. The lowest BCUT2D eigenvalue weighted by atomic mass is 9.85. The van der Waals surface area contributed by atoms with Gasteiger partial charge in [-0.15, -0.1) is 0 Å². The summed E-state index contributed by atoms with van der Waals surface area (Å²) in [7, 11) is 0. The van der Waals surface area contributed by atoms with Crippen LogP contribution in [0.25, 0.3) is 0 Å². The molecule has 1 saturated carbocycles. The second-order valence-electron chi connectivity index (χ2n) is 7.00. The van der Waals surface area contributed by atoms with Crippen LogP contribution in [0.1, 0.15) is 59.8 Å². The third-order valence-electron chi connectivity index (χ3n) is 3.87. The lowest BCUT2D eigenvalue weighted by Crippen LogP contribution is -2.38. The standard InChI is InChI=1S/C14H29NO/c1-13(2)8-5-6-12(7-9-13)15-10-14(3,4)11-16/h12,15-16H,5-11H2,1-4H3. The van der Waals surface area contributed by atoms with E-state index in [1.165, 1.54) is 32.1 Å². The van der Waals surface area contributed by atoms with E-state index in [0.29, 0.717) is 11.5 Å². The monoisotopic (exact) mass is 227 g/mol. The van der Waals surface area contributed by atoms with Crippen LogP contribution in [0.15, 0.2) is 0 Å². The Morgan fingerprint density at radius 2 is 1.94 bits per heavy atom. The molecule has 0 spiro atoms. The van der Waals surface area contributed by atoms with Crippen molar-refractivity contribution in [3.8, 4) is 0 Å². The van der Waals surface area contributed by atoms with Gasteiger partial charge in [0.25, 0.3) is 0 Å². The van der Waals surface area contributed by atoms with Crippen LogP contribution in [0.3, 0.4) is 0 Å². The zero-order valence-corrected chi connectivity index (χ0v) is 11.5. The van der Waals surface area contributed by atoms with Crippen molar-refractivity contribution in [3.05, 3.63) is 0 Å². The summed E-state index contributed by atoms with van der Waals surface area (Å²) >= 11 is 0. The predicted molar refractivity (Wildman–Crippen MR) is 69.5 cm³/mol. The number of hydrogen-bond donors (Lipinski definition) is 2. The van der Waals surface area contributed by atoms with Crippen molar-refractivity contribution < 1.29 is 5.11 Å². The van der Waals surface area contributed by atoms with Crippen molar-refractivity contribution in [1.82, 2.24) is 5.32 Å². The Kier molecular flexibility index (Phi) is 4.81. The molecule has 1 fully saturated rings. The minimum atomic E-state index is 0.0157. The molecule has 0 heterocycles. The third kappa shape index (κ3) is 4.84. The van der Waals surface area contributed by atoms with Gasteiger partial charge in [0.15, 0.2) is 0 Å². The van der Waals surface area contributed by atoms with E-state index >= 15 is 0 Å². The van der Waals surface area contributed by atoms with Crippen LogP contribution < -0.4 is 5.32 Å². The van der Waals surface area contributed by atoms with E-state index in [9.17, 15) is 5.11 Å². The molecule has 2 heteroatoms. The van der Waals surface area contributed by atoms with E-state index < -0.39 is 0 Å². The molecular formula is C14H29NO. The number of aliphatic hydroxyl groups excluding tert-OH is 1. The van der Waals surface area contributed by atoms with Crippen LogP contribution >= 0.6 is 0 Å². The molecule has 0 aliphatic heterocycles. The van der Waals surface area contributed by atoms with Crippen LogP contribution in [-0.4, -0.2) is 24.3 Å². The van der Waals surface area contributed by atoms with Gasteiger partial charge in [0.1, 0.15) is 0 Å². The Labute approximate surface area is 101 Å². The topological polar surface area (TPSA) is 32.3 Å². The number of nitrogens with one attached hydrogen (secondary N) is 1. The summed E-state index contributed by atoms with van der Waals surface area (Å²) in [6.07, 6.45) is 6.60.